The number of benzene rings is 1. The van der Waals surface area contributed by atoms with Crippen LogP contribution in [0, 0.1) is 0 Å². The van der Waals surface area contributed by atoms with Crippen LogP contribution in [0.4, 0.5) is 5.82 Å². The standard InChI is InChI=1S/C22H28N6O3S/c1-3-31-18-8-6-5-7-16(18)21(29)23-9-10-28-20-17(15-24-28)19(25-22(26-20)32-4-2)27-11-13-30-14-12-27/h5-8,15H,3-4,9-14H2,1-2H3,(H,23,29). The second-order valence-corrected chi connectivity index (χ2v) is 8.38. The van der Waals surface area contributed by atoms with E-state index in [1.54, 1.807) is 23.9 Å². The number of hydrogen-bond acceptors (Lipinski definition) is 8. The first kappa shape index (κ1) is 22.3. The fourth-order valence-electron chi connectivity index (χ4n) is 3.60. The molecule has 3 heterocycles. The van der Waals surface area contributed by atoms with Crippen molar-refractivity contribution in [3.8, 4) is 5.75 Å². The summed E-state index contributed by atoms with van der Waals surface area (Å²) in [5.41, 5.74) is 1.31. The van der Waals surface area contributed by atoms with Crippen LogP contribution in [0.2, 0.25) is 0 Å². The molecule has 0 unspecified atom stereocenters. The van der Waals surface area contributed by atoms with Crippen molar-refractivity contribution >= 4 is 34.5 Å². The van der Waals surface area contributed by atoms with Gasteiger partial charge in [-0.3, -0.25) is 4.79 Å². The molecule has 32 heavy (non-hydrogen) atoms. The Kier molecular flexibility index (Phi) is 7.43. The van der Waals surface area contributed by atoms with Crippen molar-refractivity contribution in [3.63, 3.8) is 0 Å². The number of hydrogen-bond donors (Lipinski definition) is 1. The SMILES string of the molecule is CCOc1ccccc1C(=O)NCCn1ncc2c(N3CCOCC3)nc(SCC)nc21. The Bertz CT molecular complexity index is 1070. The number of ether oxygens (including phenoxy) is 2. The topological polar surface area (TPSA) is 94.4 Å². The van der Waals surface area contributed by atoms with Gasteiger partial charge in [0, 0.05) is 19.6 Å². The Morgan fingerprint density at radius 3 is 2.81 bits per heavy atom. The van der Waals surface area contributed by atoms with Crippen molar-refractivity contribution in [3.05, 3.63) is 36.0 Å². The van der Waals surface area contributed by atoms with Gasteiger partial charge in [-0.15, -0.1) is 0 Å². The number of thioether (sulfide) groups is 1. The first-order valence-corrected chi connectivity index (χ1v) is 11.9. The summed E-state index contributed by atoms with van der Waals surface area (Å²) in [6.45, 7) is 8.37. The van der Waals surface area contributed by atoms with Gasteiger partial charge in [0.25, 0.3) is 5.91 Å². The summed E-state index contributed by atoms with van der Waals surface area (Å²) >= 11 is 1.61. The van der Waals surface area contributed by atoms with E-state index < -0.39 is 0 Å². The van der Waals surface area contributed by atoms with Crippen LogP contribution >= 0.6 is 11.8 Å². The van der Waals surface area contributed by atoms with Gasteiger partial charge in [-0.05, 0) is 24.8 Å². The van der Waals surface area contributed by atoms with Crippen LogP contribution in [0.1, 0.15) is 24.2 Å². The minimum atomic E-state index is -0.170. The summed E-state index contributed by atoms with van der Waals surface area (Å²) in [5.74, 6) is 2.20. The van der Waals surface area contributed by atoms with Gasteiger partial charge in [-0.1, -0.05) is 30.8 Å². The third-order valence-electron chi connectivity index (χ3n) is 5.08. The molecule has 1 fully saturated rings. The Balaban J connectivity index is 1.51. The lowest BCUT2D eigenvalue weighted by Crippen LogP contribution is -2.37. The molecule has 1 aromatic carbocycles. The number of carbonyl (C=O) groups excluding carboxylic acids is 1. The molecule has 1 aliphatic rings. The molecule has 1 saturated heterocycles. The summed E-state index contributed by atoms with van der Waals surface area (Å²) in [4.78, 5) is 24.4. The summed E-state index contributed by atoms with van der Waals surface area (Å²) in [5, 5.41) is 9.15. The zero-order chi connectivity index (χ0) is 22.3. The number of fused-ring (bicyclic) bond motifs is 1. The molecule has 0 saturated carbocycles. The molecule has 1 N–H and O–H groups in total. The molecule has 0 atom stereocenters. The fraction of sp³-hybridized carbons (Fsp3) is 0.455. The van der Waals surface area contributed by atoms with Gasteiger partial charge >= 0.3 is 0 Å². The number of aromatic nitrogens is 4. The van der Waals surface area contributed by atoms with E-state index in [2.05, 4.69) is 22.2 Å². The predicted octanol–water partition coefficient (Wildman–Crippen LogP) is 2.60. The summed E-state index contributed by atoms with van der Waals surface area (Å²) in [7, 11) is 0. The van der Waals surface area contributed by atoms with Crippen molar-refractivity contribution in [2.24, 2.45) is 0 Å². The van der Waals surface area contributed by atoms with Crippen LogP contribution in [0.15, 0.2) is 35.6 Å². The molecular formula is C22H28N6O3S. The van der Waals surface area contributed by atoms with E-state index in [-0.39, 0.29) is 5.91 Å². The van der Waals surface area contributed by atoms with Gasteiger partial charge < -0.3 is 19.7 Å². The maximum absolute atomic E-state index is 12.7. The van der Waals surface area contributed by atoms with Gasteiger partial charge in [0.2, 0.25) is 0 Å². The molecule has 9 nitrogen and oxygen atoms in total. The van der Waals surface area contributed by atoms with Gasteiger partial charge in [-0.25, -0.2) is 14.6 Å². The van der Waals surface area contributed by atoms with E-state index in [9.17, 15) is 4.79 Å². The van der Waals surface area contributed by atoms with Crippen LogP contribution in [0.5, 0.6) is 5.75 Å². The molecule has 10 heteroatoms. The van der Waals surface area contributed by atoms with Gasteiger partial charge in [0.1, 0.15) is 11.6 Å². The summed E-state index contributed by atoms with van der Waals surface area (Å²) in [6, 6.07) is 7.25. The zero-order valence-electron chi connectivity index (χ0n) is 18.4. The van der Waals surface area contributed by atoms with Crippen LogP contribution in [0.3, 0.4) is 0 Å². The molecule has 0 aliphatic carbocycles. The second-order valence-electron chi connectivity index (χ2n) is 7.15. The number of para-hydroxylation sites is 1. The average Bonchev–Trinajstić information content (AvgIpc) is 3.23. The Labute approximate surface area is 191 Å². The Hall–Kier alpha value is -2.85. The first-order valence-electron chi connectivity index (χ1n) is 10.9. The van der Waals surface area contributed by atoms with Crippen LogP contribution in [0.25, 0.3) is 11.0 Å². The van der Waals surface area contributed by atoms with Crippen molar-refractivity contribution in [2.45, 2.75) is 25.5 Å². The van der Waals surface area contributed by atoms with Gasteiger partial charge in [-0.2, -0.15) is 5.10 Å². The largest absolute Gasteiger partial charge is 0.493 e. The number of rotatable bonds is 9. The maximum Gasteiger partial charge on any atom is 0.255 e. The van der Waals surface area contributed by atoms with E-state index >= 15 is 0 Å². The van der Waals surface area contributed by atoms with Crippen LogP contribution in [-0.4, -0.2) is 70.9 Å². The lowest BCUT2D eigenvalue weighted by Gasteiger charge is -2.28. The van der Waals surface area contributed by atoms with Gasteiger partial charge in [0.15, 0.2) is 10.8 Å². The molecule has 1 amide bonds. The van der Waals surface area contributed by atoms with Crippen molar-refractivity contribution < 1.29 is 14.3 Å². The fourth-order valence-corrected chi connectivity index (χ4v) is 4.16. The minimum Gasteiger partial charge on any atom is -0.493 e. The van der Waals surface area contributed by atoms with E-state index in [4.69, 9.17) is 19.4 Å². The highest BCUT2D eigenvalue weighted by Crippen LogP contribution is 2.27. The number of anilines is 1. The molecule has 170 valence electrons. The number of morpholine rings is 1. The first-order chi connectivity index (χ1) is 15.7. The lowest BCUT2D eigenvalue weighted by molar-refractivity contribution is 0.0948. The quantitative estimate of drug-likeness (QED) is 0.388. The second kappa shape index (κ2) is 10.6. The highest BCUT2D eigenvalue weighted by Gasteiger charge is 2.20. The van der Waals surface area contributed by atoms with Gasteiger partial charge in [0.05, 0.1) is 43.5 Å². The summed E-state index contributed by atoms with van der Waals surface area (Å²) < 4.78 is 12.9. The lowest BCUT2D eigenvalue weighted by atomic mass is 10.2. The maximum atomic E-state index is 12.7. The Morgan fingerprint density at radius 2 is 2.03 bits per heavy atom. The van der Waals surface area contributed by atoms with E-state index in [0.717, 1.165) is 40.9 Å². The van der Waals surface area contributed by atoms with E-state index in [0.29, 0.717) is 44.2 Å². The number of nitrogens with zero attached hydrogens (tertiary/aromatic N) is 5. The molecule has 2 aromatic heterocycles. The highest BCUT2D eigenvalue weighted by molar-refractivity contribution is 7.99. The third-order valence-corrected chi connectivity index (χ3v) is 5.81. The minimum absolute atomic E-state index is 0.170. The zero-order valence-corrected chi connectivity index (χ0v) is 19.2. The monoisotopic (exact) mass is 456 g/mol. The molecule has 0 spiro atoms. The smallest absolute Gasteiger partial charge is 0.255 e. The predicted molar refractivity (Wildman–Crippen MR) is 125 cm³/mol. The van der Waals surface area contributed by atoms with Crippen molar-refractivity contribution in [1.82, 2.24) is 25.1 Å². The van der Waals surface area contributed by atoms with Crippen molar-refractivity contribution in [2.75, 3.05) is 50.1 Å². The van der Waals surface area contributed by atoms with E-state index in [1.165, 1.54) is 0 Å². The number of carbonyl (C=O) groups is 1. The average molecular weight is 457 g/mol. The molecular weight excluding hydrogens is 428 g/mol. The van der Waals surface area contributed by atoms with Crippen molar-refractivity contribution in [1.29, 1.82) is 0 Å². The van der Waals surface area contributed by atoms with E-state index in [1.807, 2.05) is 29.9 Å². The third kappa shape index (κ3) is 4.97. The molecule has 0 bridgehead atoms. The highest BCUT2D eigenvalue weighted by atomic mass is 32.2. The summed E-state index contributed by atoms with van der Waals surface area (Å²) in [6.07, 6.45) is 1.81. The molecule has 0 radical (unpaired) electrons. The molecule has 1 aliphatic heterocycles. The van der Waals surface area contributed by atoms with Crippen LogP contribution in [-0.2, 0) is 11.3 Å². The molecule has 4 rings (SSSR count). The van der Waals surface area contributed by atoms with Crippen LogP contribution < -0.4 is 15.0 Å². The molecule has 3 aromatic rings. The Morgan fingerprint density at radius 1 is 1.22 bits per heavy atom. The number of nitrogens with one attached hydrogen (secondary N) is 1. The number of amides is 1. The normalized spacial score (nSPS) is 14.0.